The van der Waals surface area contributed by atoms with E-state index < -0.39 is 12.0 Å². The maximum absolute atomic E-state index is 12.9. The molecule has 1 aromatic heterocycles. The maximum Gasteiger partial charge on any atom is 0.338 e. The van der Waals surface area contributed by atoms with Gasteiger partial charge in [-0.15, -0.1) is 5.10 Å². The Labute approximate surface area is 208 Å². The Hall–Kier alpha value is -2.97. The Balaban J connectivity index is 1.71. The van der Waals surface area contributed by atoms with Crippen molar-refractivity contribution in [1.82, 2.24) is 14.8 Å². The molecule has 1 unspecified atom stereocenters. The molecule has 2 aromatic carbocycles. The minimum atomic E-state index is -0.538. The number of nitrogens with one attached hydrogen (secondary N) is 1. The highest BCUT2D eigenvalue weighted by Crippen LogP contribution is 2.40. The number of unbranched alkanes of at least 4 members (excludes halogenated alkanes) is 1. The molecule has 34 heavy (non-hydrogen) atoms. The topological polar surface area (TPSA) is 78.3 Å². The highest BCUT2D eigenvalue weighted by atomic mass is 35.5. The highest BCUT2D eigenvalue weighted by molar-refractivity contribution is 7.98. The standard InChI is InChI=1S/C25H27ClN4O3S/c1-4-5-14-33-20-13-9-7-11-18(20)22-21(23(31)32-3)16(2)27-24-28-25(29-30(22)24)34-15-17-10-6-8-12-19(17)26/h6-13,22H,4-5,14-15H2,1-3H3,(H,27,28,29). The van der Waals surface area contributed by atoms with Crippen LogP contribution in [-0.2, 0) is 15.3 Å². The average molecular weight is 499 g/mol. The predicted molar refractivity (Wildman–Crippen MR) is 134 cm³/mol. The van der Waals surface area contributed by atoms with Gasteiger partial charge in [-0.2, -0.15) is 4.98 Å². The summed E-state index contributed by atoms with van der Waals surface area (Å²) in [5.41, 5.74) is 2.97. The Morgan fingerprint density at radius 3 is 2.74 bits per heavy atom. The smallest absolute Gasteiger partial charge is 0.338 e. The van der Waals surface area contributed by atoms with Gasteiger partial charge in [-0.1, -0.05) is 73.1 Å². The van der Waals surface area contributed by atoms with Crippen molar-refractivity contribution in [2.24, 2.45) is 0 Å². The van der Waals surface area contributed by atoms with Crippen molar-refractivity contribution >= 4 is 35.3 Å². The van der Waals surface area contributed by atoms with Crippen LogP contribution in [0.3, 0.4) is 0 Å². The molecule has 178 valence electrons. The number of esters is 1. The van der Waals surface area contributed by atoms with Gasteiger partial charge < -0.3 is 14.8 Å². The van der Waals surface area contributed by atoms with E-state index in [2.05, 4.69) is 17.2 Å². The van der Waals surface area contributed by atoms with E-state index in [1.54, 1.807) is 4.68 Å². The molecule has 1 N–H and O–H groups in total. The van der Waals surface area contributed by atoms with Gasteiger partial charge in [0.2, 0.25) is 11.1 Å². The number of benzene rings is 2. The summed E-state index contributed by atoms with van der Waals surface area (Å²) in [7, 11) is 1.38. The van der Waals surface area contributed by atoms with Crippen molar-refractivity contribution < 1.29 is 14.3 Å². The Morgan fingerprint density at radius 1 is 1.21 bits per heavy atom. The molecule has 1 aliphatic rings. The van der Waals surface area contributed by atoms with Gasteiger partial charge in [0.25, 0.3) is 0 Å². The van der Waals surface area contributed by atoms with Crippen LogP contribution in [0, 0.1) is 0 Å². The van der Waals surface area contributed by atoms with Gasteiger partial charge in [0.05, 0.1) is 19.3 Å². The Morgan fingerprint density at radius 2 is 1.97 bits per heavy atom. The number of thioether (sulfide) groups is 1. The SMILES string of the molecule is CCCCOc1ccccc1C1C(C(=O)OC)=C(C)Nc2nc(SCc3ccccc3Cl)nn21. The Kier molecular flexibility index (Phi) is 7.80. The zero-order valence-corrected chi connectivity index (χ0v) is 20.9. The van der Waals surface area contributed by atoms with E-state index in [9.17, 15) is 4.79 Å². The number of nitrogens with zero attached hydrogens (tertiary/aromatic N) is 3. The molecule has 3 aromatic rings. The van der Waals surface area contributed by atoms with Crippen LogP contribution in [0.1, 0.15) is 43.9 Å². The number of allylic oxidation sites excluding steroid dienone is 1. The normalized spacial score (nSPS) is 15.0. The second-order valence-electron chi connectivity index (χ2n) is 7.84. The van der Waals surface area contributed by atoms with Crippen molar-refractivity contribution in [3.63, 3.8) is 0 Å². The lowest BCUT2D eigenvalue weighted by Gasteiger charge is -2.29. The molecule has 1 atom stereocenters. The minimum absolute atomic E-state index is 0.426. The number of carbonyl (C=O) groups excluding carboxylic acids is 1. The number of fused-ring (bicyclic) bond motifs is 1. The Bertz CT molecular complexity index is 1210. The summed E-state index contributed by atoms with van der Waals surface area (Å²) in [5, 5.41) is 9.26. The number of rotatable bonds is 9. The minimum Gasteiger partial charge on any atom is -0.493 e. The van der Waals surface area contributed by atoms with E-state index in [0.29, 0.717) is 45.5 Å². The summed E-state index contributed by atoms with van der Waals surface area (Å²) in [4.78, 5) is 17.5. The molecule has 0 aliphatic carbocycles. The van der Waals surface area contributed by atoms with Crippen LogP contribution in [0.25, 0.3) is 0 Å². The molecule has 0 radical (unpaired) electrons. The number of hydrogen-bond donors (Lipinski definition) is 1. The van der Waals surface area contributed by atoms with Gasteiger partial charge in [-0.3, -0.25) is 0 Å². The molecule has 0 fully saturated rings. The summed E-state index contributed by atoms with van der Waals surface area (Å²) < 4.78 is 13.0. The fraction of sp³-hybridized carbons (Fsp3) is 0.320. The van der Waals surface area contributed by atoms with Crippen molar-refractivity contribution in [2.45, 2.75) is 43.6 Å². The monoisotopic (exact) mass is 498 g/mol. The number of hydrogen-bond acceptors (Lipinski definition) is 7. The van der Waals surface area contributed by atoms with E-state index in [0.717, 1.165) is 24.0 Å². The van der Waals surface area contributed by atoms with E-state index in [-0.39, 0.29) is 0 Å². The van der Waals surface area contributed by atoms with Gasteiger partial charge in [-0.25, -0.2) is 9.48 Å². The van der Waals surface area contributed by atoms with Crippen LogP contribution in [0.2, 0.25) is 5.02 Å². The first-order valence-corrected chi connectivity index (χ1v) is 12.5. The van der Waals surface area contributed by atoms with Crippen molar-refractivity contribution in [3.05, 3.63) is 76.0 Å². The largest absolute Gasteiger partial charge is 0.493 e. The van der Waals surface area contributed by atoms with E-state index >= 15 is 0 Å². The molecule has 0 saturated heterocycles. The van der Waals surface area contributed by atoms with Gasteiger partial charge in [0, 0.05) is 22.0 Å². The third kappa shape index (κ3) is 5.08. The lowest BCUT2D eigenvalue weighted by Crippen LogP contribution is -2.29. The number of aromatic nitrogens is 3. The summed E-state index contributed by atoms with van der Waals surface area (Å²) >= 11 is 7.79. The van der Waals surface area contributed by atoms with E-state index in [4.69, 9.17) is 26.2 Å². The second-order valence-corrected chi connectivity index (χ2v) is 9.19. The van der Waals surface area contributed by atoms with Gasteiger partial charge >= 0.3 is 5.97 Å². The first-order chi connectivity index (χ1) is 16.5. The third-order valence-electron chi connectivity index (χ3n) is 5.52. The van der Waals surface area contributed by atoms with Gasteiger partial charge in [0.15, 0.2) is 0 Å². The first-order valence-electron chi connectivity index (χ1n) is 11.1. The van der Waals surface area contributed by atoms with Crippen LogP contribution in [-0.4, -0.2) is 34.5 Å². The number of halogens is 1. The molecule has 2 heterocycles. The van der Waals surface area contributed by atoms with Crippen LogP contribution < -0.4 is 10.1 Å². The molecular formula is C25H27ClN4O3S. The lowest BCUT2D eigenvalue weighted by atomic mass is 9.95. The number of ether oxygens (including phenoxy) is 2. The van der Waals surface area contributed by atoms with E-state index in [1.807, 2.05) is 55.5 Å². The zero-order chi connectivity index (χ0) is 24.1. The number of para-hydroxylation sites is 1. The molecule has 0 bridgehead atoms. The number of anilines is 1. The van der Waals surface area contributed by atoms with Crippen molar-refractivity contribution in [1.29, 1.82) is 0 Å². The lowest BCUT2D eigenvalue weighted by molar-refractivity contribution is -0.136. The van der Waals surface area contributed by atoms with Gasteiger partial charge in [-0.05, 0) is 31.0 Å². The summed E-state index contributed by atoms with van der Waals surface area (Å²) in [5.74, 6) is 1.47. The van der Waals surface area contributed by atoms with Crippen LogP contribution >= 0.6 is 23.4 Å². The zero-order valence-electron chi connectivity index (χ0n) is 19.4. The van der Waals surface area contributed by atoms with Crippen LogP contribution in [0.5, 0.6) is 5.75 Å². The third-order valence-corrected chi connectivity index (χ3v) is 6.78. The molecule has 0 amide bonds. The van der Waals surface area contributed by atoms with Crippen molar-refractivity contribution in [3.8, 4) is 5.75 Å². The molecule has 1 aliphatic heterocycles. The summed E-state index contributed by atoms with van der Waals surface area (Å²) in [6.45, 7) is 4.56. The second kappa shape index (κ2) is 11.0. The number of carbonyl (C=O) groups is 1. The molecule has 0 saturated carbocycles. The van der Waals surface area contributed by atoms with Crippen LogP contribution in [0.15, 0.2) is 65.0 Å². The summed E-state index contributed by atoms with van der Waals surface area (Å²) in [6.07, 6.45) is 1.97. The van der Waals surface area contributed by atoms with Gasteiger partial charge in [0.1, 0.15) is 11.8 Å². The number of methoxy groups -OCH3 is 1. The highest BCUT2D eigenvalue weighted by Gasteiger charge is 2.36. The molecular weight excluding hydrogens is 472 g/mol. The fourth-order valence-electron chi connectivity index (χ4n) is 3.78. The summed E-state index contributed by atoms with van der Waals surface area (Å²) in [6, 6.07) is 14.9. The maximum atomic E-state index is 12.9. The molecule has 7 nitrogen and oxygen atoms in total. The fourth-order valence-corrected chi connectivity index (χ4v) is 4.89. The van der Waals surface area contributed by atoms with E-state index in [1.165, 1.54) is 18.9 Å². The predicted octanol–water partition coefficient (Wildman–Crippen LogP) is 5.86. The molecule has 9 heteroatoms. The first kappa shape index (κ1) is 24.2. The molecule has 0 spiro atoms. The van der Waals surface area contributed by atoms with Crippen molar-refractivity contribution in [2.75, 3.05) is 19.0 Å². The quantitative estimate of drug-likeness (QED) is 0.225. The average Bonchev–Trinajstić information content (AvgIpc) is 3.25. The van der Waals surface area contributed by atoms with Crippen LogP contribution in [0.4, 0.5) is 5.95 Å². The molecule has 4 rings (SSSR count).